The van der Waals surface area contributed by atoms with Gasteiger partial charge < -0.3 is 10.2 Å². The molecule has 0 aromatic heterocycles. The summed E-state index contributed by atoms with van der Waals surface area (Å²) in [7, 11) is 1.92. The van der Waals surface area contributed by atoms with Crippen molar-refractivity contribution in [2.24, 2.45) is 11.3 Å². The Kier molecular flexibility index (Phi) is 5.48. The second-order valence-corrected chi connectivity index (χ2v) is 7.60. The molecule has 0 spiro atoms. The van der Waals surface area contributed by atoms with Crippen molar-refractivity contribution in [3.8, 4) is 0 Å². The second-order valence-electron chi connectivity index (χ2n) is 7.60. The molecule has 0 aromatic carbocycles. The lowest BCUT2D eigenvalue weighted by molar-refractivity contribution is -0.133. The Bertz CT molecular complexity index is 319. The molecular weight excluding hydrogens is 248 g/mol. The van der Waals surface area contributed by atoms with Gasteiger partial charge in [0.2, 0.25) is 5.91 Å². The number of amides is 1. The Morgan fingerprint density at radius 3 is 2.45 bits per heavy atom. The summed E-state index contributed by atoms with van der Waals surface area (Å²) in [6, 6.07) is 0.0123. The molecule has 116 valence electrons. The molecule has 0 aromatic rings. The van der Waals surface area contributed by atoms with Gasteiger partial charge in [0.05, 0.1) is 6.04 Å². The first-order valence-electron chi connectivity index (χ1n) is 8.48. The van der Waals surface area contributed by atoms with Crippen LogP contribution in [0.4, 0.5) is 0 Å². The van der Waals surface area contributed by atoms with E-state index in [2.05, 4.69) is 24.1 Å². The highest BCUT2D eigenvalue weighted by Gasteiger charge is 2.35. The van der Waals surface area contributed by atoms with E-state index in [1.165, 1.54) is 38.5 Å². The number of rotatable bonds is 3. The van der Waals surface area contributed by atoms with Crippen LogP contribution in [0.15, 0.2) is 0 Å². The quantitative estimate of drug-likeness (QED) is 0.805. The van der Waals surface area contributed by atoms with Crippen LogP contribution in [0.5, 0.6) is 0 Å². The van der Waals surface area contributed by atoms with Gasteiger partial charge in [-0.3, -0.25) is 4.79 Å². The summed E-state index contributed by atoms with van der Waals surface area (Å²) < 4.78 is 0. The summed E-state index contributed by atoms with van der Waals surface area (Å²) in [5.41, 5.74) is 0.265. The van der Waals surface area contributed by atoms with Crippen LogP contribution in [-0.2, 0) is 4.79 Å². The Balaban J connectivity index is 1.99. The van der Waals surface area contributed by atoms with E-state index in [-0.39, 0.29) is 11.5 Å². The fourth-order valence-corrected chi connectivity index (χ4v) is 3.78. The molecule has 2 rings (SSSR count). The maximum atomic E-state index is 12.7. The van der Waals surface area contributed by atoms with Crippen molar-refractivity contribution < 1.29 is 4.79 Å². The molecule has 1 saturated heterocycles. The molecule has 3 nitrogen and oxygen atoms in total. The SMILES string of the molecule is CNC1CC(C)(C)CCN(CC2CCCCCC2)C1=O. The molecule has 1 unspecified atom stereocenters. The van der Waals surface area contributed by atoms with Gasteiger partial charge in [-0.25, -0.2) is 0 Å². The molecule has 1 N–H and O–H groups in total. The number of likely N-dealkylation sites (tertiary alicyclic amines) is 1. The number of hydrogen-bond donors (Lipinski definition) is 1. The molecule has 1 amide bonds. The Labute approximate surface area is 124 Å². The molecule has 1 saturated carbocycles. The smallest absolute Gasteiger partial charge is 0.239 e. The third kappa shape index (κ3) is 4.21. The van der Waals surface area contributed by atoms with E-state index in [0.29, 0.717) is 5.91 Å². The number of nitrogens with one attached hydrogen (secondary N) is 1. The monoisotopic (exact) mass is 280 g/mol. The fourth-order valence-electron chi connectivity index (χ4n) is 3.78. The first-order valence-corrected chi connectivity index (χ1v) is 8.48. The minimum atomic E-state index is 0.0123. The van der Waals surface area contributed by atoms with Crippen LogP contribution in [0.3, 0.4) is 0 Å². The van der Waals surface area contributed by atoms with Gasteiger partial charge in [-0.1, -0.05) is 39.5 Å². The average molecular weight is 280 g/mol. The predicted octanol–water partition coefficient (Wildman–Crippen LogP) is 3.19. The maximum Gasteiger partial charge on any atom is 0.239 e. The highest BCUT2D eigenvalue weighted by molar-refractivity contribution is 5.82. The third-order valence-corrected chi connectivity index (χ3v) is 5.23. The van der Waals surface area contributed by atoms with E-state index in [0.717, 1.165) is 31.8 Å². The van der Waals surface area contributed by atoms with Crippen LogP contribution < -0.4 is 5.32 Å². The van der Waals surface area contributed by atoms with E-state index in [9.17, 15) is 4.79 Å². The Morgan fingerprint density at radius 1 is 1.20 bits per heavy atom. The lowest BCUT2D eigenvalue weighted by atomic mass is 9.83. The molecule has 3 heteroatoms. The van der Waals surface area contributed by atoms with Gasteiger partial charge >= 0.3 is 0 Å². The fraction of sp³-hybridized carbons (Fsp3) is 0.941. The van der Waals surface area contributed by atoms with Gasteiger partial charge in [0.25, 0.3) is 0 Å². The summed E-state index contributed by atoms with van der Waals surface area (Å²) in [6.07, 6.45) is 10.2. The van der Waals surface area contributed by atoms with E-state index >= 15 is 0 Å². The second kappa shape index (κ2) is 6.93. The first-order chi connectivity index (χ1) is 9.52. The van der Waals surface area contributed by atoms with Gasteiger partial charge in [-0.05, 0) is 44.1 Å². The standard InChI is InChI=1S/C17H32N2O/c1-17(2)10-11-19(16(20)15(12-17)18-3)13-14-8-6-4-5-7-9-14/h14-15,18H,4-13H2,1-3H3. The molecule has 2 aliphatic rings. The van der Waals surface area contributed by atoms with Gasteiger partial charge in [0.1, 0.15) is 0 Å². The molecule has 2 fully saturated rings. The van der Waals surface area contributed by atoms with Crippen LogP contribution in [-0.4, -0.2) is 37.0 Å². The molecule has 1 aliphatic carbocycles. The average Bonchev–Trinajstić information content (AvgIpc) is 2.72. The molecule has 1 atom stereocenters. The van der Waals surface area contributed by atoms with Crippen LogP contribution >= 0.6 is 0 Å². The summed E-state index contributed by atoms with van der Waals surface area (Å²) in [4.78, 5) is 14.8. The molecule has 1 heterocycles. The Hall–Kier alpha value is -0.570. The summed E-state index contributed by atoms with van der Waals surface area (Å²) >= 11 is 0. The van der Waals surface area contributed by atoms with Crippen LogP contribution in [0.25, 0.3) is 0 Å². The highest BCUT2D eigenvalue weighted by Crippen LogP contribution is 2.32. The lowest BCUT2D eigenvalue weighted by Crippen LogP contribution is -2.46. The van der Waals surface area contributed by atoms with Crippen LogP contribution in [0.1, 0.15) is 65.2 Å². The zero-order valence-corrected chi connectivity index (χ0v) is 13.6. The number of hydrogen-bond acceptors (Lipinski definition) is 2. The maximum absolute atomic E-state index is 12.7. The van der Waals surface area contributed by atoms with Crippen molar-refractivity contribution in [2.45, 2.75) is 71.3 Å². The lowest BCUT2D eigenvalue weighted by Gasteiger charge is -2.28. The zero-order chi connectivity index (χ0) is 14.6. The van der Waals surface area contributed by atoms with Crippen LogP contribution in [0.2, 0.25) is 0 Å². The summed E-state index contributed by atoms with van der Waals surface area (Å²) in [5, 5.41) is 3.24. The van der Waals surface area contributed by atoms with E-state index < -0.39 is 0 Å². The van der Waals surface area contributed by atoms with Gasteiger partial charge in [-0.15, -0.1) is 0 Å². The predicted molar refractivity (Wildman–Crippen MR) is 83.6 cm³/mol. The van der Waals surface area contributed by atoms with Crippen molar-refractivity contribution in [3.05, 3.63) is 0 Å². The van der Waals surface area contributed by atoms with Crippen LogP contribution in [0, 0.1) is 11.3 Å². The largest absolute Gasteiger partial charge is 0.341 e. The number of carbonyl (C=O) groups excluding carboxylic acids is 1. The zero-order valence-electron chi connectivity index (χ0n) is 13.6. The van der Waals surface area contributed by atoms with Crippen molar-refractivity contribution in [1.29, 1.82) is 0 Å². The minimum absolute atomic E-state index is 0.0123. The van der Waals surface area contributed by atoms with Crippen molar-refractivity contribution in [1.82, 2.24) is 10.2 Å². The van der Waals surface area contributed by atoms with Gasteiger partial charge in [0.15, 0.2) is 0 Å². The molecular formula is C17H32N2O. The van der Waals surface area contributed by atoms with E-state index in [4.69, 9.17) is 0 Å². The Morgan fingerprint density at radius 2 is 1.85 bits per heavy atom. The normalized spacial score (nSPS) is 29.1. The summed E-state index contributed by atoms with van der Waals surface area (Å²) in [5.74, 6) is 1.07. The molecule has 0 bridgehead atoms. The number of carbonyl (C=O) groups is 1. The number of likely N-dealkylation sites (N-methyl/N-ethyl adjacent to an activating group) is 1. The van der Waals surface area contributed by atoms with E-state index in [1.54, 1.807) is 0 Å². The topological polar surface area (TPSA) is 32.3 Å². The number of nitrogens with zero attached hydrogens (tertiary/aromatic N) is 1. The first kappa shape index (κ1) is 15.8. The third-order valence-electron chi connectivity index (χ3n) is 5.23. The molecule has 1 aliphatic heterocycles. The molecule has 20 heavy (non-hydrogen) atoms. The van der Waals surface area contributed by atoms with E-state index in [1.807, 2.05) is 7.05 Å². The molecule has 0 radical (unpaired) electrons. The van der Waals surface area contributed by atoms with Gasteiger partial charge in [0, 0.05) is 13.1 Å². The minimum Gasteiger partial charge on any atom is -0.341 e. The van der Waals surface area contributed by atoms with Crippen molar-refractivity contribution in [3.63, 3.8) is 0 Å². The van der Waals surface area contributed by atoms with Crippen molar-refractivity contribution in [2.75, 3.05) is 20.1 Å². The van der Waals surface area contributed by atoms with Crippen molar-refractivity contribution >= 4 is 5.91 Å². The summed E-state index contributed by atoms with van der Waals surface area (Å²) in [6.45, 7) is 6.52. The van der Waals surface area contributed by atoms with Gasteiger partial charge in [-0.2, -0.15) is 0 Å². The highest BCUT2D eigenvalue weighted by atomic mass is 16.2.